The molecule has 0 spiro atoms. The Morgan fingerprint density at radius 3 is 1.66 bits per heavy atom. The van der Waals surface area contributed by atoms with Crippen LogP contribution < -0.4 is 4.90 Å². The van der Waals surface area contributed by atoms with E-state index in [1.165, 1.54) is 0 Å². The van der Waals surface area contributed by atoms with Gasteiger partial charge in [0.25, 0.3) is 0 Å². The van der Waals surface area contributed by atoms with E-state index in [4.69, 9.17) is 18.2 Å². The third-order valence-electron chi connectivity index (χ3n) is 10.6. The molecule has 0 amide bonds. The molecular formula is C50H27N5O3. The number of hydrogen-bond donors (Lipinski definition) is 0. The number of hydrogen-bond acceptors (Lipinski definition) is 8. The summed E-state index contributed by atoms with van der Waals surface area (Å²) < 4.78 is 18.3. The lowest BCUT2D eigenvalue weighted by molar-refractivity contribution is 0.619. The van der Waals surface area contributed by atoms with Gasteiger partial charge < -0.3 is 18.2 Å². The molecule has 3 aromatic heterocycles. The van der Waals surface area contributed by atoms with Crippen LogP contribution in [0.1, 0.15) is 11.1 Å². The van der Waals surface area contributed by atoms with E-state index >= 15 is 0 Å². The van der Waals surface area contributed by atoms with Crippen molar-refractivity contribution < 1.29 is 13.3 Å². The van der Waals surface area contributed by atoms with Crippen molar-refractivity contribution in [1.29, 1.82) is 10.5 Å². The van der Waals surface area contributed by atoms with Crippen LogP contribution in [0.25, 0.3) is 88.9 Å². The Bertz CT molecular complexity index is 3460. The normalized spacial score (nSPS) is 11.4. The quantitative estimate of drug-likeness (QED) is 0.165. The molecule has 0 unspecified atom stereocenters. The number of anilines is 3. The van der Waals surface area contributed by atoms with Crippen molar-refractivity contribution in [3.05, 3.63) is 175 Å². The molecule has 3 heterocycles. The average molecular weight is 746 g/mol. The third-order valence-corrected chi connectivity index (χ3v) is 10.6. The molecule has 0 aliphatic carbocycles. The zero-order valence-electron chi connectivity index (χ0n) is 30.5. The molecule has 0 radical (unpaired) electrons. The van der Waals surface area contributed by atoms with Gasteiger partial charge in [-0.25, -0.2) is 9.97 Å². The Balaban J connectivity index is 0.962. The summed E-state index contributed by atoms with van der Waals surface area (Å²) in [4.78, 5) is 11.6. The number of oxazole rings is 2. The van der Waals surface area contributed by atoms with Crippen LogP contribution in [-0.2, 0) is 0 Å². The summed E-state index contributed by atoms with van der Waals surface area (Å²) in [6, 6.07) is 58.5. The van der Waals surface area contributed by atoms with Crippen LogP contribution in [0.3, 0.4) is 0 Å². The number of benzene rings is 8. The Morgan fingerprint density at radius 2 is 0.931 bits per heavy atom. The molecular weight excluding hydrogens is 719 g/mol. The molecule has 8 aromatic carbocycles. The van der Waals surface area contributed by atoms with Crippen LogP contribution in [0.2, 0.25) is 0 Å². The predicted molar refractivity (Wildman–Crippen MR) is 227 cm³/mol. The number of nitriles is 2. The highest BCUT2D eigenvalue weighted by Crippen LogP contribution is 2.40. The molecule has 0 aliphatic heterocycles. The standard InChI is InChI=1S/C50H27N5O3/c51-28-30-6-22-46-44(23-30)54-50(58-46)33-11-17-39(18-12-33)55(38-15-9-32(10-16-38)49-53-43-3-1-2-4-45(43)57-49)40-19-13-35-25-34(7-8-36(35)26-40)37-14-21-42-41-20-5-31(29-52)24-47(41)56-48(42)27-37/h1-27H. The van der Waals surface area contributed by atoms with Crippen LogP contribution in [0.4, 0.5) is 17.1 Å². The van der Waals surface area contributed by atoms with Crippen molar-refractivity contribution in [2.45, 2.75) is 0 Å². The molecule has 0 fully saturated rings. The van der Waals surface area contributed by atoms with Gasteiger partial charge in [-0.05, 0) is 149 Å². The van der Waals surface area contributed by atoms with Gasteiger partial charge in [0.15, 0.2) is 11.2 Å². The van der Waals surface area contributed by atoms with Gasteiger partial charge in [-0.15, -0.1) is 0 Å². The second-order valence-corrected chi connectivity index (χ2v) is 14.1. The summed E-state index contributed by atoms with van der Waals surface area (Å²) in [5, 5.41) is 22.9. The van der Waals surface area contributed by atoms with E-state index < -0.39 is 0 Å². The second kappa shape index (κ2) is 13.1. The highest BCUT2D eigenvalue weighted by molar-refractivity contribution is 6.06. The Labute approximate surface area is 330 Å². The maximum atomic E-state index is 9.36. The number of rotatable bonds is 6. The fraction of sp³-hybridized carbons (Fsp3) is 0. The van der Waals surface area contributed by atoms with Crippen LogP contribution in [0.15, 0.2) is 177 Å². The Kier molecular flexibility index (Phi) is 7.43. The molecule has 270 valence electrons. The average Bonchev–Trinajstić information content (AvgIpc) is 4.01. The molecule has 11 rings (SSSR count). The largest absolute Gasteiger partial charge is 0.456 e. The minimum Gasteiger partial charge on any atom is -0.456 e. The van der Waals surface area contributed by atoms with E-state index in [0.29, 0.717) is 39.6 Å². The lowest BCUT2D eigenvalue weighted by Gasteiger charge is -2.26. The fourth-order valence-electron chi connectivity index (χ4n) is 7.65. The van der Waals surface area contributed by atoms with Crippen molar-refractivity contribution in [1.82, 2.24) is 9.97 Å². The van der Waals surface area contributed by atoms with Gasteiger partial charge in [-0.2, -0.15) is 10.5 Å². The van der Waals surface area contributed by atoms with E-state index in [1.54, 1.807) is 24.3 Å². The third kappa shape index (κ3) is 5.61. The summed E-state index contributed by atoms with van der Waals surface area (Å²) in [7, 11) is 0. The summed E-state index contributed by atoms with van der Waals surface area (Å²) in [6.45, 7) is 0. The van der Waals surface area contributed by atoms with Gasteiger partial charge in [0.05, 0.1) is 23.3 Å². The minimum atomic E-state index is 0.486. The molecule has 0 N–H and O–H groups in total. The smallest absolute Gasteiger partial charge is 0.227 e. The zero-order valence-corrected chi connectivity index (χ0v) is 30.5. The monoisotopic (exact) mass is 745 g/mol. The first-order valence-electron chi connectivity index (χ1n) is 18.6. The molecule has 8 heteroatoms. The number of para-hydroxylation sites is 2. The topological polar surface area (TPSA) is 116 Å². The van der Waals surface area contributed by atoms with Crippen molar-refractivity contribution >= 4 is 72.0 Å². The molecule has 0 aliphatic rings. The van der Waals surface area contributed by atoms with E-state index in [1.807, 2.05) is 60.7 Å². The lowest BCUT2D eigenvalue weighted by Crippen LogP contribution is -2.09. The summed E-state index contributed by atoms with van der Waals surface area (Å²) in [5.74, 6) is 1.05. The number of fused-ring (bicyclic) bond motifs is 6. The van der Waals surface area contributed by atoms with Crippen molar-refractivity contribution in [3.63, 3.8) is 0 Å². The van der Waals surface area contributed by atoms with E-state index in [0.717, 1.165) is 77.5 Å². The van der Waals surface area contributed by atoms with Gasteiger partial charge >= 0.3 is 0 Å². The van der Waals surface area contributed by atoms with Crippen LogP contribution in [0.5, 0.6) is 0 Å². The van der Waals surface area contributed by atoms with E-state index in [2.05, 4.69) is 101 Å². The predicted octanol–water partition coefficient (Wildman–Crippen LogP) is 13.2. The van der Waals surface area contributed by atoms with Crippen molar-refractivity contribution in [3.8, 4) is 46.2 Å². The number of aromatic nitrogens is 2. The SMILES string of the molecule is N#Cc1ccc2oc(-c3ccc(N(c4ccc(-c5nc6ccccc6o5)cc4)c4ccc5cc(-c6ccc7c(c6)oc6cc(C#N)ccc67)ccc5c4)cc3)nc2c1. The first-order chi connectivity index (χ1) is 28.6. The molecule has 0 bridgehead atoms. The van der Waals surface area contributed by atoms with Gasteiger partial charge in [0.2, 0.25) is 11.8 Å². The lowest BCUT2D eigenvalue weighted by atomic mass is 9.99. The highest BCUT2D eigenvalue weighted by Gasteiger charge is 2.17. The van der Waals surface area contributed by atoms with E-state index in [-0.39, 0.29) is 0 Å². The zero-order chi connectivity index (χ0) is 38.7. The van der Waals surface area contributed by atoms with Gasteiger partial charge in [0, 0.05) is 39.0 Å². The van der Waals surface area contributed by atoms with E-state index in [9.17, 15) is 10.5 Å². The molecule has 0 saturated heterocycles. The van der Waals surface area contributed by atoms with Gasteiger partial charge in [0.1, 0.15) is 22.2 Å². The highest BCUT2D eigenvalue weighted by atomic mass is 16.4. The van der Waals surface area contributed by atoms with Crippen molar-refractivity contribution in [2.75, 3.05) is 4.90 Å². The molecule has 0 atom stereocenters. The summed E-state index contributed by atoms with van der Waals surface area (Å²) in [5.41, 5.74) is 12.1. The molecule has 58 heavy (non-hydrogen) atoms. The second-order valence-electron chi connectivity index (χ2n) is 14.1. The minimum absolute atomic E-state index is 0.486. The maximum absolute atomic E-state index is 9.36. The molecule has 11 aromatic rings. The maximum Gasteiger partial charge on any atom is 0.227 e. The molecule has 0 saturated carbocycles. The van der Waals surface area contributed by atoms with Crippen LogP contribution in [0, 0.1) is 22.7 Å². The Morgan fingerprint density at radius 1 is 0.397 bits per heavy atom. The van der Waals surface area contributed by atoms with Crippen molar-refractivity contribution in [2.24, 2.45) is 0 Å². The number of nitrogens with zero attached hydrogens (tertiary/aromatic N) is 5. The summed E-state index contributed by atoms with van der Waals surface area (Å²) >= 11 is 0. The number of furan rings is 1. The van der Waals surface area contributed by atoms with Gasteiger partial charge in [-0.1, -0.05) is 36.4 Å². The first kappa shape index (κ1) is 32.9. The Hall–Kier alpha value is -8.46. The first-order valence-corrected chi connectivity index (χ1v) is 18.6. The van der Waals surface area contributed by atoms with Crippen LogP contribution >= 0.6 is 0 Å². The summed E-state index contributed by atoms with van der Waals surface area (Å²) in [6.07, 6.45) is 0. The van der Waals surface area contributed by atoms with Crippen LogP contribution in [-0.4, -0.2) is 9.97 Å². The fourth-order valence-corrected chi connectivity index (χ4v) is 7.65. The molecule has 8 nitrogen and oxygen atoms in total. The van der Waals surface area contributed by atoms with Gasteiger partial charge in [-0.3, -0.25) is 0 Å².